The van der Waals surface area contributed by atoms with Crippen LogP contribution >= 0.6 is 0 Å². The maximum absolute atomic E-state index is 3.45. The van der Waals surface area contributed by atoms with E-state index in [1.165, 1.54) is 37.1 Å². The Morgan fingerprint density at radius 3 is 2.47 bits per heavy atom. The van der Waals surface area contributed by atoms with Crippen molar-refractivity contribution >= 4 is 0 Å². The van der Waals surface area contributed by atoms with E-state index in [-0.39, 0.29) is 0 Å². The smallest absolute Gasteiger partial charge is 0.0236 e. The minimum absolute atomic E-state index is 0.349. The Labute approximate surface area is 105 Å². The van der Waals surface area contributed by atoms with Crippen molar-refractivity contribution in [3.8, 4) is 0 Å². The van der Waals surface area contributed by atoms with Crippen LogP contribution in [-0.2, 0) is 6.54 Å². The minimum Gasteiger partial charge on any atom is -0.314 e. The van der Waals surface area contributed by atoms with Crippen molar-refractivity contribution in [1.82, 2.24) is 10.2 Å². The van der Waals surface area contributed by atoms with E-state index in [1.54, 1.807) is 0 Å². The first-order chi connectivity index (χ1) is 8.13. The SMILES string of the molecule is CNC1(C)CCN(Cc2ccccc2C)CC1. The maximum Gasteiger partial charge on any atom is 0.0236 e. The number of benzene rings is 1. The fourth-order valence-electron chi connectivity index (χ4n) is 2.48. The summed E-state index contributed by atoms with van der Waals surface area (Å²) in [5, 5.41) is 3.45. The van der Waals surface area contributed by atoms with Crippen LogP contribution in [0.15, 0.2) is 24.3 Å². The summed E-state index contributed by atoms with van der Waals surface area (Å²) in [6, 6.07) is 8.72. The summed E-state index contributed by atoms with van der Waals surface area (Å²) in [4.78, 5) is 2.57. The highest BCUT2D eigenvalue weighted by molar-refractivity contribution is 5.25. The lowest BCUT2D eigenvalue weighted by Gasteiger charge is -2.39. The van der Waals surface area contributed by atoms with Crippen LogP contribution in [0.3, 0.4) is 0 Å². The summed E-state index contributed by atoms with van der Waals surface area (Å²) in [5.74, 6) is 0. The van der Waals surface area contributed by atoms with Crippen LogP contribution < -0.4 is 5.32 Å². The van der Waals surface area contributed by atoms with Crippen molar-refractivity contribution in [2.75, 3.05) is 20.1 Å². The molecule has 0 aromatic heterocycles. The minimum atomic E-state index is 0.349. The summed E-state index contributed by atoms with van der Waals surface area (Å²) in [5.41, 5.74) is 3.23. The maximum atomic E-state index is 3.45. The van der Waals surface area contributed by atoms with Crippen molar-refractivity contribution in [2.45, 2.75) is 38.8 Å². The van der Waals surface area contributed by atoms with Gasteiger partial charge in [-0.1, -0.05) is 24.3 Å². The first kappa shape index (κ1) is 12.6. The Morgan fingerprint density at radius 1 is 1.24 bits per heavy atom. The van der Waals surface area contributed by atoms with E-state index >= 15 is 0 Å². The van der Waals surface area contributed by atoms with E-state index in [9.17, 15) is 0 Å². The molecule has 17 heavy (non-hydrogen) atoms. The number of rotatable bonds is 3. The molecule has 2 rings (SSSR count). The fourth-order valence-corrected chi connectivity index (χ4v) is 2.48. The van der Waals surface area contributed by atoms with Gasteiger partial charge in [0.2, 0.25) is 0 Å². The van der Waals surface area contributed by atoms with Gasteiger partial charge in [-0.2, -0.15) is 0 Å². The van der Waals surface area contributed by atoms with E-state index in [1.807, 2.05) is 0 Å². The second-order valence-electron chi connectivity index (χ2n) is 5.51. The molecule has 2 nitrogen and oxygen atoms in total. The van der Waals surface area contributed by atoms with E-state index in [0.717, 1.165) is 6.54 Å². The zero-order valence-electron chi connectivity index (χ0n) is 11.3. The molecular formula is C15H24N2. The Balaban J connectivity index is 1.93. The van der Waals surface area contributed by atoms with Crippen LogP contribution in [0.1, 0.15) is 30.9 Å². The quantitative estimate of drug-likeness (QED) is 0.861. The van der Waals surface area contributed by atoms with Gasteiger partial charge < -0.3 is 5.32 Å². The van der Waals surface area contributed by atoms with Crippen LogP contribution in [0.25, 0.3) is 0 Å². The van der Waals surface area contributed by atoms with Crippen LogP contribution in [0, 0.1) is 6.92 Å². The molecule has 1 aromatic carbocycles. The Kier molecular flexibility index (Phi) is 3.85. The molecule has 0 saturated carbocycles. The fraction of sp³-hybridized carbons (Fsp3) is 0.600. The molecule has 1 fully saturated rings. The number of nitrogens with zero attached hydrogens (tertiary/aromatic N) is 1. The first-order valence-electron chi connectivity index (χ1n) is 6.59. The summed E-state index contributed by atoms with van der Waals surface area (Å²) in [6.07, 6.45) is 2.49. The van der Waals surface area contributed by atoms with Gasteiger partial charge in [-0.25, -0.2) is 0 Å². The van der Waals surface area contributed by atoms with Crippen LogP contribution in [-0.4, -0.2) is 30.6 Å². The Hall–Kier alpha value is -0.860. The highest BCUT2D eigenvalue weighted by atomic mass is 15.1. The molecule has 1 aliphatic rings. The molecule has 1 saturated heterocycles. The molecule has 1 aromatic rings. The number of hydrogen-bond donors (Lipinski definition) is 1. The number of nitrogens with one attached hydrogen (secondary N) is 1. The van der Waals surface area contributed by atoms with E-state index in [4.69, 9.17) is 0 Å². The highest BCUT2D eigenvalue weighted by Gasteiger charge is 2.28. The lowest BCUT2D eigenvalue weighted by molar-refractivity contribution is 0.146. The van der Waals surface area contributed by atoms with E-state index in [2.05, 4.69) is 55.4 Å². The molecular weight excluding hydrogens is 208 g/mol. The molecule has 0 atom stereocenters. The Morgan fingerprint density at radius 2 is 1.88 bits per heavy atom. The van der Waals surface area contributed by atoms with Crippen molar-refractivity contribution in [2.24, 2.45) is 0 Å². The van der Waals surface area contributed by atoms with Gasteiger partial charge in [-0.15, -0.1) is 0 Å². The van der Waals surface area contributed by atoms with Gasteiger partial charge in [-0.3, -0.25) is 4.90 Å². The van der Waals surface area contributed by atoms with Crippen molar-refractivity contribution in [1.29, 1.82) is 0 Å². The third-order valence-electron chi connectivity index (χ3n) is 4.22. The third kappa shape index (κ3) is 3.08. The number of piperidine rings is 1. The summed E-state index contributed by atoms with van der Waals surface area (Å²) >= 11 is 0. The average molecular weight is 232 g/mol. The zero-order valence-corrected chi connectivity index (χ0v) is 11.3. The molecule has 0 unspecified atom stereocenters. The monoisotopic (exact) mass is 232 g/mol. The van der Waals surface area contributed by atoms with Crippen LogP contribution in [0.4, 0.5) is 0 Å². The second-order valence-corrected chi connectivity index (χ2v) is 5.51. The largest absolute Gasteiger partial charge is 0.314 e. The molecule has 1 N–H and O–H groups in total. The summed E-state index contributed by atoms with van der Waals surface area (Å²) in [7, 11) is 2.08. The molecule has 0 bridgehead atoms. The lowest BCUT2D eigenvalue weighted by atomic mass is 9.89. The standard InChI is InChI=1S/C15H24N2/c1-13-6-4-5-7-14(13)12-17-10-8-15(2,16-3)9-11-17/h4-7,16H,8-12H2,1-3H3. The predicted octanol–water partition coefficient (Wildman–Crippen LogP) is 2.57. The van der Waals surface area contributed by atoms with Gasteiger partial charge in [-0.05, 0) is 44.9 Å². The van der Waals surface area contributed by atoms with Gasteiger partial charge in [0, 0.05) is 25.2 Å². The van der Waals surface area contributed by atoms with Gasteiger partial charge in [0.15, 0.2) is 0 Å². The first-order valence-corrected chi connectivity index (χ1v) is 6.59. The number of hydrogen-bond acceptors (Lipinski definition) is 2. The van der Waals surface area contributed by atoms with Crippen LogP contribution in [0.5, 0.6) is 0 Å². The molecule has 2 heteroatoms. The van der Waals surface area contributed by atoms with Crippen molar-refractivity contribution in [3.05, 3.63) is 35.4 Å². The molecule has 0 aliphatic carbocycles. The van der Waals surface area contributed by atoms with E-state index in [0.29, 0.717) is 5.54 Å². The number of likely N-dealkylation sites (tertiary alicyclic amines) is 1. The third-order valence-corrected chi connectivity index (χ3v) is 4.22. The van der Waals surface area contributed by atoms with Gasteiger partial charge in [0.05, 0.1) is 0 Å². The van der Waals surface area contributed by atoms with E-state index < -0.39 is 0 Å². The summed E-state index contributed by atoms with van der Waals surface area (Å²) in [6.45, 7) is 8.04. The topological polar surface area (TPSA) is 15.3 Å². The molecule has 0 amide bonds. The highest BCUT2D eigenvalue weighted by Crippen LogP contribution is 2.22. The predicted molar refractivity (Wildman–Crippen MR) is 73.2 cm³/mol. The average Bonchev–Trinajstić information content (AvgIpc) is 2.35. The normalized spacial score (nSPS) is 20.4. The molecule has 1 heterocycles. The molecule has 0 radical (unpaired) electrons. The molecule has 94 valence electrons. The molecule has 1 aliphatic heterocycles. The Bertz CT molecular complexity index is 365. The number of aryl methyl sites for hydroxylation is 1. The lowest BCUT2D eigenvalue weighted by Crippen LogP contribution is -2.49. The molecule has 0 spiro atoms. The summed E-state index contributed by atoms with van der Waals surface area (Å²) < 4.78 is 0. The second kappa shape index (κ2) is 5.19. The van der Waals surface area contributed by atoms with Crippen molar-refractivity contribution in [3.63, 3.8) is 0 Å². The van der Waals surface area contributed by atoms with Crippen molar-refractivity contribution < 1.29 is 0 Å². The van der Waals surface area contributed by atoms with Crippen LogP contribution in [0.2, 0.25) is 0 Å². The zero-order chi connectivity index (χ0) is 12.3. The van der Waals surface area contributed by atoms with Gasteiger partial charge in [0.25, 0.3) is 0 Å². The van der Waals surface area contributed by atoms with Gasteiger partial charge >= 0.3 is 0 Å². The van der Waals surface area contributed by atoms with Gasteiger partial charge in [0.1, 0.15) is 0 Å².